The Kier molecular flexibility index (Phi) is 4.63. The highest BCUT2D eigenvalue weighted by Crippen LogP contribution is 2.36. The molecule has 1 saturated heterocycles. The first-order valence-corrected chi connectivity index (χ1v) is 9.66. The van der Waals surface area contributed by atoms with Gasteiger partial charge >= 0.3 is 11.6 Å². The van der Waals surface area contributed by atoms with E-state index < -0.39 is 29.8 Å². The summed E-state index contributed by atoms with van der Waals surface area (Å²) in [5.74, 6) is -3.25. The number of nitriles is 1. The minimum Gasteiger partial charge on any atom is -0.466 e. The van der Waals surface area contributed by atoms with Gasteiger partial charge in [-0.05, 0) is 12.1 Å². The lowest BCUT2D eigenvalue weighted by atomic mass is 10.2. The zero-order valence-electron chi connectivity index (χ0n) is 16.7. The third-order valence-electron chi connectivity index (χ3n) is 5.16. The SMILES string of the molecule is N#Cc1ccc(O[C@H]2CN(c3cc(-c4c[nH]c(=O)[nH]c4=O)nn4ccnc34)CC2(F)F)nc1. The van der Waals surface area contributed by atoms with Crippen LogP contribution in [0.3, 0.4) is 0 Å². The third-order valence-corrected chi connectivity index (χ3v) is 5.16. The lowest BCUT2D eigenvalue weighted by Gasteiger charge is -2.19. The molecule has 13 heteroatoms. The Morgan fingerprint density at radius 1 is 1.27 bits per heavy atom. The van der Waals surface area contributed by atoms with Gasteiger partial charge in [-0.15, -0.1) is 0 Å². The molecule has 0 spiro atoms. The predicted molar refractivity (Wildman–Crippen MR) is 110 cm³/mol. The summed E-state index contributed by atoms with van der Waals surface area (Å²) in [6.07, 6.45) is 3.91. The van der Waals surface area contributed by atoms with Crippen molar-refractivity contribution < 1.29 is 13.5 Å². The van der Waals surface area contributed by atoms with E-state index in [0.717, 1.165) is 0 Å². The van der Waals surface area contributed by atoms with Gasteiger partial charge in [0.25, 0.3) is 5.56 Å². The van der Waals surface area contributed by atoms with Gasteiger partial charge in [0.05, 0.1) is 29.9 Å². The second kappa shape index (κ2) is 7.52. The van der Waals surface area contributed by atoms with Crippen molar-refractivity contribution in [3.8, 4) is 23.2 Å². The fourth-order valence-corrected chi connectivity index (χ4v) is 3.59. The summed E-state index contributed by atoms with van der Waals surface area (Å²) in [4.78, 5) is 37.5. The number of nitrogens with one attached hydrogen (secondary N) is 2. The van der Waals surface area contributed by atoms with E-state index in [1.165, 1.54) is 52.4 Å². The molecular weight excluding hydrogens is 438 g/mol. The van der Waals surface area contributed by atoms with Crippen LogP contribution in [-0.2, 0) is 0 Å². The van der Waals surface area contributed by atoms with Crippen LogP contribution in [0.5, 0.6) is 5.88 Å². The summed E-state index contributed by atoms with van der Waals surface area (Å²) in [5, 5.41) is 13.1. The highest BCUT2D eigenvalue weighted by molar-refractivity contribution is 5.74. The maximum Gasteiger partial charge on any atom is 0.325 e. The number of anilines is 1. The van der Waals surface area contributed by atoms with Crippen LogP contribution in [-0.4, -0.2) is 54.7 Å². The summed E-state index contributed by atoms with van der Waals surface area (Å²) >= 11 is 0. The van der Waals surface area contributed by atoms with Gasteiger partial charge in [-0.3, -0.25) is 9.78 Å². The van der Waals surface area contributed by atoms with Crippen molar-refractivity contribution in [2.45, 2.75) is 12.0 Å². The topological polar surface area (TPSA) is 145 Å². The van der Waals surface area contributed by atoms with E-state index in [0.29, 0.717) is 11.3 Å². The van der Waals surface area contributed by atoms with Gasteiger partial charge in [-0.25, -0.2) is 28.1 Å². The number of pyridine rings is 1. The Hall–Kier alpha value is -4.60. The molecule has 1 fully saturated rings. The number of aromatic nitrogens is 6. The van der Waals surface area contributed by atoms with Crippen molar-refractivity contribution >= 4 is 11.3 Å². The number of imidazole rings is 1. The fraction of sp³-hybridized carbons (Fsp3) is 0.200. The van der Waals surface area contributed by atoms with Crippen LogP contribution in [0.15, 0.2) is 52.6 Å². The number of hydrogen-bond donors (Lipinski definition) is 2. The Morgan fingerprint density at radius 2 is 2.12 bits per heavy atom. The Balaban J connectivity index is 1.51. The smallest absolute Gasteiger partial charge is 0.325 e. The maximum absolute atomic E-state index is 14.8. The molecule has 0 amide bonds. The molecule has 4 aromatic rings. The van der Waals surface area contributed by atoms with E-state index in [9.17, 15) is 18.4 Å². The lowest BCUT2D eigenvalue weighted by molar-refractivity contribution is -0.0608. The molecule has 5 rings (SSSR count). The van der Waals surface area contributed by atoms with Crippen LogP contribution < -0.4 is 20.9 Å². The molecule has 0 aliphatic carbocycles. The van der Waals surface area contributed by atoms with Crippen molar-refractivity contribution in [2.75, 3.05) is 18.0 Å². The molecule has 11 nitrogen and oxygen atoms in total. The Labute approximate surface area is 182 Å². The van der Waals surface area contributed by atoms with Crippen molar-refractivity contribution in [3.05, 3.63) is 69.4 Å². The van der Waals surface area contributed by atoms with Gasteiger partial charge in [-0.1, -0.05) is 0 Å². The molecule has 1 atom stereocenters. The average Bonchev–Trinajstić information content (AvgIpc) is 3.37. The van der Waals surface area contributed by atoms with Crippen molar-refractivity contribution in [3.63, 3.8) is 0 Å². The number of alkyl halides is 2. The van der Waals surface area contributed by atoms with Crippen molar-refractivity contribution in [2.24, 2.45) is 0 Å². The molecule has 0 radical (unpaired) electrons. The van der Waals surface area contributed by atoms with E-state index >= 15 is 0 Å². The lowest BCUT2D eigenvalue weighted by Crippen LogP contribution is -2.36. The molecule has 5 heterocycles. The zero-order valence-corrected chi connectivity index (χ0v) is 16.7. The number of halogens is 2. The molecule has 0 bridgehead atoms. The molecule has 0 aromatic carbocycles. The van der Waals surface area contributed by atoms with Crippen LogP contribution in [0.4, 0.5) is 14.5 Å². The second-order valence-corrected chi connectivity index (χ2v) is 7.34. The molecule has 0 unspecified atom stereocenters. The molecule has 33 heavy (non-hydrogen) atoms. The van der Waals surface area contributed by atoms with Crippen LogP contribution in [0.25, 0.3) is 16.9 Å². The summed E-state index contributed by atoms with van der Waals surface area (Å²) < 4.78 is 36.5. The maximum atomic E-state index is 14.8. The normalized spacial score (nSPS) is 17.2. The summed E-state index contributed by atoms with van der Waals surface area (Å²) in [7, 11) is 0. The molecular formula is C20H14F2N8O3. The first kappa shape index (κ1) is 20.3. The quantitative estimate of drug-likeness (QED) is 0.465. The number of aromatic amines is 2. The molecule has 2 N–H and O–H groups in total. The van der Waals surface area contributed by atoms with E-state index in [-0.39, 0.29) is 29.2 Å². The minimum absolute atomic E-state index is 0.0262. The summed E-state index contributed by atoms with van der Waals surface area (Å²) in [5.41, 5.74) is -0.214. The number of H-pyrrole nitrogens is 2. The molecule has 0 saturated carbocycles. The fourth-order valence-electron chi connectivity index (χ4n) is 3.59. The number of ether oxygens (including phenoxy) is 1. The van der Waals surface area contributed by atoms with Gasteiger partial charge < -0.3 is 14.6 Å². The van der Waals surface area contributed by atoms with E-state index in [2.05, 4.69) is 25.0 Å². The van der Waals surface area contributed by atoms with Crippen molar-refractivity contribution in [1.29, 1.82) is 5.26 Å². The average molecular weight is 452 g/mol. The van der Waals surface area contributed by atoms with E-state index in [1.54, 1.807) is 0 Å². The molecule has 1 aliphatic heterocycles. The highest BCUT2D eigenvalue weighted by atomic mass is 19.3. The standard InChI is InChI=1S/C20H14F2N8O3/c21-20(22)10-29(9-15(20)33-16-2-1-11(6-23)7-25-16)14-5-13(28-30-4-3-24-17(14)30)12-8-26-19(32)27-18(12)31/h1-5,7-8,15H,9-10H2,(H2,26,27,31,32)/t15-/m0/s1. The van der Waals surface area contributed by atoms with Gasteiger partial charge in [0.1, 0.15) is 11.8 Å². The van der Waals surface area contributed by atoms with E-state index in [4.69, 9.17) is 10.00 Å². The Morgan fingerprint density at radius 3 is 2.85 bits per heavy atom. The number of fused-ring (bicyclic) bond motifs is 1. The van der Waals surface area contributed by atoms with Crippen LogP contribution >= 0.6 is 0 Å². The zero-order chi connectivity index (χ0) is 23.2. The molecule has 4 aromatic heterocycles. The van der Waals surface area contributed by atoms with Gasteiger partial charge in [0.2, 0.25) is 5.88 Å². The number of hydrogen-bond acceptors (Lipinski definition) is 8. The Bertz CT molecular complexity index is 1500. The largest absolute Gasteiger partial charge is 0.466 e. The van der Waals surface area contributed by atoms with Gasteiger partial charge in [0.15, 0.2) is 11.8 Å². The van der Waals surface area contributed by atoms with Crippen LogP contribution in [0.1, 0.15) is 5.56 Å². The first-order valence-electron chi connectivity index (χ1n) is 9.66. The first-order chi connectivity index (χ1) is 15.8. The minimum atomic E-state index is -3.22. The van der Waals surface area contributed by atoms with Gasteiger partial charge in [-0.2, -0.15) is 10.4 Å². The molecule has 1 aliphatic rings. The van der Waals surface area contributed by atoms with Crippen molar-refractivity contribution in [1.82, 2.24) is 29.5 Å². The number of nitrogens with zero attached hydrogens (tertiary/aromatic N) is 6. The molecule has 166 valence electrons. The summed E-state index contributed by atoms with van der Waals surface area (Å²) in [6.45, 7) is -0.857. The predicted octanol–water partition coefficient (Wildman–Crippen LogP) is 0.942. The highest BCUT2D eigenvalue weighted by Gasteiger charge is 2.51. The second-order valence-electron chi connectivity index (χ2n) is 7.34. The van der Waals surface area contributed by atoms with E-state index in [1.807, 2.05) is 6.07 Å². The van der Waals surface area contributed by atoms with Crippen LogP contribution in [0.2, 0.25) is 0 Å². The monoisotopic (exact) mass is 452 g/mol. The van der Waals surface area contributed by atoms with Crippen LogP contribution in [0, 0.1) is 11.3 Å². The van der Waals surface area contributed by atoms with Gasteiger partial charge in [0, 0.05) is 30.9 Å². The summed E-state index contributed by atoms with van der Waals surface area (Å²) in [6, 6.07) is 6.15. The third kappa shape index (κ3) is 3.67. The number of rotatable bonds is 4.